The third-order valence-electron chi connectivity index (χ3n) is 6.90. The van der Waals surface area contributed by atoms with Crippen molar-refractivity contribution in [2.75, 3.05) is 38.0 Å². The van der Waals surface area contributed by atoms with Crippen LogP contribution in [0, 0.1) is 0 Å². The van der Waals surface area contributed by atoms with E-state index in [1.165, 1.54) is 5.56 Å². The molecule has 1 saturated heterocycles. The van der Waals surface area contributed by atoms with Gasteiger partial charge in [-0.15, -0.1) is 0 Å². The second-order valence-electron chi connectivity index (χ2n) is 11.1. The van der Waals surface area contributed by atoms with E-state index in [2.05, 4.69) is 51.4 Å². The highest BCUT2D eigenvalue weighted by molar-refractivity contribution is 5.78. The first-order chi connectivity index (χ1) is 19.8. The number of pyridine rings is 1. The zero-order valence-electron chi connectivity index (χ0n) is 24.2. The normalized spacial score (nSPS) is 14.2. The Kier molecular flexibility index (Phi) is 8.58. The average Bonchev–Trinajstić information content (AvgIpc) is 3.42. The van der Waals surface area contributed by atoms with Gasteiger partial charge in [0.2, 0.25) is 5.95 Å². The van der Waals surface area contributed by atoms with Crippen LogP contribution in [0.2, 0.25) is 0 Å². The monoisotopic (exact) mass is 554 g/mol. The molecule has 1 aromatic carbocycles. The zero-order valence-corrected chi connectivity index (χ0v) is 24.2. The van der Waals surface area contributed by atoms with Gasteiger partial charge in [0.1, 0.15) is 11.3 Å². The molecular weight excluding hydrogens is 516 g/mol. The number of piperazine rings is 1. The van der Waals surface area contributed by atoms with Crippen molar-refractivity contribution in [3.63, 3.8) is 0 Å². The van der Waals surface area contributed by atoms with E-state index in [0.717, 1.165) is 60.8 Å². The average molecular weight is 555 g/mol. The van der Waals surface area contributed by atoms with Crippen molar-refractivity contribution in [1.29, 1.82) is 0 Å². The fourth-order valence-corrected chi connectivity index (χ4v) is 4.71. The van der Waals surface area contributed by atoms with Crippen LogP contribution in [0.15, 0.2) is 67.3 Å². The molecule has 4 aromatic rings. The van der Waals surface area contributed by atoms with E-state index in [1.54, 1.807) is 17.3 Å². The molecular formula is C31H38N8O2. The van der Waals surface area contributed by atoms with Crippen LogP contribution in [-0.2, 0) is 17.7 Å². The molecule has 0 unspecified atom stereocenters. The van der Waals surface area contributed by atoms with Crippen LogP contribution in [-0.4, -0.2) is 79.0 Å². The molecule has 0 bridgehead atoms. The van der Waals surface area contributed by atoms with Gasteiger partial charge in [0.05, 0.1) is 5.69 Å². The number of rotatable bonds is 8. The minimum absolute atomic E-state index is 0.222. The fourth-order valence-electron chi connectivity index (χ4n) is 4.71. The highest BCUT2D eigenvalue weighted by Crippen LogP contribution is 2.30. The van der Waals surface area contributed by atoms with Gasteiger partial charge in [-0.2, -0.15) is 5.10 Å². The summed E-state index contributed by atoms with van der Waals surface area (Å²) in [6.07, 6.45) is 8.07. The molecule has 0 spiro atoms. The van der Waals surface area contributed by atoms with Crippen LogP contribution >= 0.6 is 0 Å². The number of benzene rings is 1. The predicted molar refractivity (Wildman–Crippen MR) is 160 cm³/mol. The molecule has 10 nitrogen and oxygen atoms in total. The van der Waals surface area contributed by atoms with E-state index in [0.29, 0.717) is 19.0 Å². The van der Waals surface area contributed by atoms with E-state index in [-0.39, 0.29) is 6.09 Å². The summed E-state index contributed by atoms with van der Waals surface area (Å²) in [5, 5.41) is 8.08. The SMILES string of the molecule is CCn1cc(-c2ccnc(Nc3ccc(CCN4CCN(C(=O)OC(C)(C)C)CC4)cc3)n2)c(-c2cccnc2)n1. The van der Waals surface area contributed by atoms with Gasteiger partial charge in [0, 0.05) is 80.9 Å². The van der Waals surface area contributed by atoms with Gasteiger partial charge in [-0.05, 0) is 70.0 Å². The minimum atomic E-state index is -0.465. The molecule has 41 heavy (non-hydrogen) atoms. The Labute approximate surface area is 241 Å². The van der Waals surface area contributed by atoms with Gasteiger partial charge >= 0.3 is 6.09 Å². The summed E-state index contributed by atoms with van der Waals surface area (Å²) in [6.45, 7) is 12.6. The van der Waals surface area contributed by atoms with E-state index >= 15 is 0 Å². The van der Waals surface area contributed by atoms with Gasteiger partial charge < -0.3 is 15.0 Å². The number of amides is 1. The molecule has 0 radical (unpaired) electrons. The molecule has 0 saturated carbocycles. The van der Waals surface area contributed by atoms with Crippen LogP contribution in [0.1, 0.15) is 33.3 Å². The van der Waals surface area contributed by atoms with Crippen molar-refractivity contribution in [3.05, 3.63) is 72.8 Å². The third-order valence-corrected chi connectivity index (χ3v) is 6.90. The number of carbonyl (C=O) groups excluding carboxylic acids is 1. The van der Waals surface area contributed by atoms with Gasteiger partial charge in [0.15, 0.2) is 0 Å². The lowest BCUT2D eigenvalue weighted by Crippen LogP contribution is -2.50. The fraction of sp³-hybridized carbons (Fsp3) is 0.387. The van der Waals surface area contributed by atoms with Gasteiger partial charge in [-0.1, -0.05) is 12.1 Å². The molecule has 0 atom stereocenters. The molecule has 1 amide bonds. The number of hydrogen-bond acceptors (Lipinski definition) is 8. The Hall–Kier alpha value is -4.31. The molecule has 10 heteroatoms. The van der Waals surface area contributed by atoms with E-state index in [9.17, 15) is 4.79 Å². The molecule has 4 heterocycles. The van der Waals surface area contributed by atoms with E-state index in [4.69, 9.17) is 14.8 Å². The first-order valence-electron chi connectivity index (χ1n) is 14.1. The molecule has 1 aliphatic rings. The second-order valence-corrected chi connectivity index (χ2v) is 11.1. The smallest absolute Gasteiger partial charge is 0.410 e. The highest BCUT2D eigenvalue weighted by Gasteiger charge is 2.25. The summed E-state index contributed by atoms with van der Waals surface area (Å²) in [7, 11) is 0. The number of nitrogens with zero attached hydrogens (tertiary/aromatic N) is 7. The quantitative estimate of drug-likeness (QED) is 0.315. The number of anilines is 2. The standard InChI is InChI=1S/C31H38N8O2/c1-5-39-22-26(28(36-39)24-7-6-14-32-21-24)27-12-15-33-29(35-27)34-25-10-8-23(9-11-25)13-16-37-17-19-38(20-18-37)30(40)41-31(2,3)4/h6-12,14-15,21-22H,5,13,16-20H2,1-4H3,(H,33,34,35). The summed E-state index contributed by atoms with van der Waals surface area (Å²) < 4.78 is 7.41. The highest BCUT2D eigenvalue weighted by atomic mass is 16.6. The van der Waals surface area contributed by atoms with Crippen molar-refractivity contribution in [2.24, 2.45) is 0 Å². The van der Waals surface area contributed by atoms with Crippen molar-refractivity contribution in [1.82, 2.24) is 34.5 Å². The maximum Gasteiger partial charge on any atom is 0.410 e. The van der Waals surface area contributed by atoms with Crippen LogP contribution in [0.5, 0.6) is 0 Å². The molecule has 0 aliphatic carbocycles. The maximum atomic E-state index is 12.3. The Morgan fingerprint density at radius 2 is 1.80 bits per heavy atom. The van der Waals surface area contributed by atoms with Crippen molar-refractivity contribution in [2.45, 2.75) is 46.3 Å². The topological polar surface area (TPSA) is 101 Å². The van der Waals surface area contributed by atoms with Crippen LogP contribution in [0.25, 0.3) is 22.5 Å². The number of aryl methyl sites for hydroxylation is 1. The lowest BCUT2D eigenvalue weighted by atomic mass is 10.1. The number of carbonyl (C=O) groups is 1. The van der Waals surface area contributed by atoms with Crippen molar-refractivity contribution >= 4 is 17.7 Å². The Morgan fingerprint density at radius 3 is 2.49 bits per heavy atom. The molecule has 5 rings (SSSR count). The minimum Gasteiger partial charge on any atom is -0.444 e. The van der Waals surface area contributed by atoms with Crippen molar-refractivity contribution in [3.8, 4) is 22.5 Å². The summed E-state index contributed by atoms with van der Waals surface area (Å²) >= 11 is 0. The summed E-state index contributed by atoms with van der Waals surface area (Å²) in [5.74, 6) is 0.527. The number of nitrogens with one attached hydrogen (secondary N) is 1. The lowest BCUT2D eigenvalue weighted by Gasteiger charge is -2.35. The van der Waals surface area contributed by atoms with Crippen molar-refractivity contribution < 1.29 is 9.53 Å². The van der Waals surface area contributed by atoms with Crippen LogP contribution in [0.3, 0.4) is 0 Å². The largest absolute Gasteiger partial charge is 0.444 e. The Morgan fingerprint density at radius 1 is 1.02 bits per heavy atom. The van der Waals surface area contributed by atoms with E-state index in [1.807, 2.05) is 56.0 Å². The second kappa shape index (κ2) is 12.5. The van der Waals surface area contributed by atoms with Gasteiger partial charge in [-0.25, -0.2) is 14.8 Å². The maximum absolute atomic E-state index is 12.3. The number of ether oxygens (including phenoxy) is 1. The lowest BCUT2D eigenvalue weighted by molar-refractivity contribution is 0.0146. The van der Waals surface area contributed by atoms with Crippen LogP contribution < -0.4 is 5.32 Å². The molecule has 3 aromatic heterocycles. The molecule has 1 aliphatic heterocycles. The molecule has 214 valence electrons. The summed E-state index contributed by atoms with van der Waals surface area (Å²) in [4.78, 5) is 30.0. The molecule has 1 fully saturated rings. The van der Waals surface area contributed by atoms with E-state index < -0.39 is 5.60 Å². The predicted octanol–water partition coefficient (Wildman–Crippen LogP) is 5.26. The summed E-state index contributed by atoms with van der Waals surface area (Å²) in [5.41, 5.74) is 5.24. The zero-order chi connectivity index (χ0) is 28.8. The third kappa shape index (κ3) is 7.46. The van der Waals surface area contributed by atoms with Crippen LogP contribution in [0.4, 0.5) is 16.4 Å². The number of aromatic nitrogens is 5. The molecule has 1 N–H and O–H groups in total. The van der Waals surface area contributed by atoms with Gasteiger partial charge in [-0.3, -0.25) is 14.6 Å². The first kappa shape index (κ1) is 28.2. The first-order valence-corrected chi connectivity index (χ1v) is 14.1. The summed E-state index contributed by atoms with van der Waals surface area (Å²) in [6, 6.07) is 14.2. The Balaban J connectivity index is 1.17. The van der Waals surface area contributed by atoms with Gasteiger partial charge in [0.25, 0.3) is 0 Å². The Bertz CT molecular complexity index is 1440. The number of hydrogen-bond donors (Lipinski definition) is 1.